The van der Waals surface area contributed by atoms with Crippen LogP contribution in [0.2, 0.25) is 0 Å². The summed E-state index contributed by atoms with van der Waals surface area (Å²) in [4.78, 5) is 13.5. The van der Waals surface area contributed by atoms with E-state index in [-0.39, 0.29) is 26.9 Å². The Balaban J connectivity index is 1.35. The Morgan fingerprint density at radius 1 is 1.11 bits per heavy atom. The Morgan fingerprint density at radius 3 is 2.36 bits per heavy atom. The van der Waals surface area contributed by atoms with Crippen LogP contribution in [0.3, 0.4) is 0 Å². The van der Waals surface area contributed by atoms with Crippen molar-refractivity contribution in [3.05, 3.63) is 35.6 Å². The minimum atomic E-state index is -0.216. The van der Waals surface area contributed by atoms with Crippen molar-refractivity contribution in [2.45, 2.75) is 61.1 Å². The molecule has 1 aliphatic heterocycles. The lowest BCUT2D eigenvalue weighted by Crippen LogP contribution is -2.59. The summed E-state index contributed by atoms with van der Waals surface area (Å²) in [6, 6.07) is 6.82. The van der Waals surface area contributed by atoms with Gasteiger partial charge in [-0.1, -0.05) is 28.1 Å². The second kappa shape index (κ2) is 6.80. The van der Waals surface area contributed by atoms with Gasteiger partial charge in [0.25, 0.3) is 0 Å². The quantitative estimate of drug-likeness (QED) is 0.674. The molecule has 1 heterocycles. The van der Waals surface area contributed by atoms with Crippen molar-refractivity contribution in [3.63, 3.8) is 0 Å². The Hall–Kier alpha value is -0.940. The summed E-state index contributed by atoms with van der Waals surface area (Å²) in [7, 11) is 0. The highest BCUT2D eigenvalue weighted by Crippen LogP contribution is 2.64. The lowest BCUT2D eigenvalue weighted by atomic mass is 9.49. The van der Waals surface area contributed by atoms with E-state index in [9.17, 15) is 9.18 Å². The molecule has 5 fully saturated rings. The molecule has 1 aromatic carbocycles. The third-order valence-electron chi connectivity index (χ3n) is 7.97. The van der Waals surface area contributed by atoms with Crippen LogP contribution < -0.4 is 5.32 Å². The van der Waals surface area contributed by atoms with Crippen LogP contribution in [0.15, 0.2) is 24.3 Å². The number of ether oxygens (including phenoxy) is 1. The predicted octanol–water partition coefficient (Wildman–Crippen LogP) is 4.72. The summed E-state index contributed by atoms with van der Waals surface area (Å²) < 4.78 is 19.2. The highest BCUT2D eigenvalue weighted by Gasteiger charge is 2.59. The molecular weight excluding hydrogens is 421 g/mol. The van der Waals surface area contributed by atoms with Crippen LogP contribution in [0, 0.1) is 23.1 Å². The molecule has 0 radical (unpaired) electrons. The molecule has 28 heavy (non-hydrogen) atoms. The lowest BCUT2D eigenvalue weighted by Gasteiger charge is -2.59. The van der Waals surface area contributed by atoms with Gasteiger partial charge in [0, 0.05) is 29.5 Å². The van der Waals surface area contributed by atoms with E-state index in [1.165, 1.54) is 31.4 Å². The summed E-state index contributed by atoms with van der Waals surface area (Å²) in [5.41, 5.74) is 0.763. The molecule has 1 aromatic rings. The smallest absolute Gasteiger partial charge is 0.226 e. The van der Waals surface area contributed by atoms with Gasteiger partial charge in [0.05, 0.1) is 5.41 Å². The summed E-state index contributed by atoms with van der Waals surface area (Å²) in [6.45, 7) is 1.99. The first-order valence-corrected chi connectivity index (χ1v) is 11.5. The van der Waals surface area contributed by atoms with E-state index in [4.69, 9.17) is 4.74 Å². The van der Waals surface area contributed by atoms with Crippen molar-refractivity contribution >= 4 is 21.8 Å². The zero-order valence-electron chi connectivity index (χ0n) is 16.3. The van der Waals surface area contributed by atoms with Gasteiger partial charge in [-0.3, -0.25) is 4.79 Å². The van der Waals surface area contributed by atoms with E-state index < -0.39 is 0 Å². The lowest BCUT2D eigenvalue weighted by molar-refractivity contribution is -0.144. The SMILES string of the molecule is O=C(NCC1(c2ccc(F)cc2)CCOCC1)C12CC3CC(CC(Br)(C3)C1)C2. The number of alkyl halides is 1. The van der Waals surface area contributed by atoms with E-state index in [1.807, 2.05) is 12.1 Å². The molecule has 3 nitrogen and oxygen atoms in total. The largest absolute Gasteiger partial charge is 0.381 e. The third-order valence-corrected chi connectivity index (χ3v) is 8.89. The summed E-state index contributed by atoms with van der Waals surface area (Å²) in [5, 5.41) is 3.37. The van der Waals surface area contributed by atoms with Gasteiger partial charge >= 0.3 is 0 Å². The van der Waals surface area contributed by atoms with Crippen LogP contribution in [0.25, 0.3) is 0 Å². The molecule has 5 heteroatoms. The van der Waals surface area contributed by atoms with E-state index in [0.717, 1.165) is 37.7 Å². The van der Waals surface area contributed by atoms with Gasteiger partial charge in [-0.05, 0) is 80.9 Å². The van der Waals surface area contributed by atoms with Gasteiger partial charge < -0.3 is 10.1 Å². The Bertz CT molecular complexity index is 744. The molecule has 152 valence electrons. The summed E-state index contributed by atoms with van der Waals surface area (Å²) >= 11 is 4.01. The highest BCUT2D eigenvalue weighted by molar-refractivity contribution is 9.10. The van der Waals surface area contributed by atoms with Gasteiger partial charge in [0.2, 0.25) is 5.91 Å². The standard InChI is InChI=1S/C23H29BrFNO2/c24-23-12-16-9-17(13-23)11-22(10-16,14-23)20(27)26-15-21(5-7-28-8-6-21)18-1-3-19(25)4-2-18/h1-4,16-17H,5-15H2,(H,26,27). The van der Waals surface area contributed by atoms with Gasteiger partial charge in [0.15, 0.2) is 0 Å². The van der Waals surface area contributed by atoms with E-state index >= 15 is 0 Å². The fraction of sp³-hybridized carbons (Fsp3) is 0.696. The second-order valence-corrected chi connectivity index (χ2v) is 11.7. The molecule has 2 unspecified atom stereocenters. The monoisotopic (exact) mass is 449 g/mol. The molecule has 4 bridgehead atoms. The zero-order valence-corrected chi connectivity index (χ0v) is 17.9. The number of hydrogen-bond donors (Lipinski definition) is 1. The van der Waals surface area contributed by atoms with Crippen LogP contribution in [0.4, 0.5) is 4.39 Å². The maximum absolute atomic E-state index is 13.5. The summed E-state index contributed by atoms with van der Waals surface area (Å²) in [6.07, 6.45) is 8.57. The molecule has 1 amide bonds. The predicted molar refractivity (Wildman–Crippen MR) is 110 cm³/mol. The van der Waals surface area contributed by atoms with Crippen LogP contribution in [0.1, 0.15) is 56.9 Å². The minimum Gasteiger partial charge on any atom is -0.381 e. The first-order valence-electron chi connectivity index (χ1n) is 10.7. The Kier molecular flexibility index (Phi) is 4.63. The maximum atomic E-state index is 13.5. The van der Waals surface area contributed by atoms with Crippen molar-refractivity contribution in [3.8, 4) is 0 Å². The van der Waals surface area contributed by atoms with Crippen LogP contribution in [-0.4, -0.2) is 30.0 Å². The van der Waals surface area contributed by atoms with Gasteiger partial charge in [0.1, 0.15) is 5.82 Å². The summed E-state index contributed by atoms with van der Waals surface area (Å²) in [5.74, 6) is 1.42. The van der Waals surface area contributed by atoms with Crippen molar-refractivity contribution in [1.82, 2.24) is 5.32 Å². The number of benzene rings is 1. The molecule has 0 aromatic heterocycles. The average Bonchev–Trinajstić information content (AvgIpc) is 2.65. The molecule has 4 aliphatic carbocycles. The van der Waals surface area contributed by atoms with E-state index in [0.29, 0.717) is 31.6 Å². The number of carbonyl (C=O) groups excluding carboxylic acids is 1. The molecule has 2 atom stereocenters. The zero-order chi connectivity index (χ0) is 19.4. The fourth-order valence-electron chi connectivity index (χ4n) is 6.99. The third kappa shape index (κ3) is 3.23. The van der Waals surface area contributed by atoms with Crippen molar-refractivity contribution in [2.24, 2.45) is 17.3 Å². The molecule has 4 saturated carbocycles. The highest BCUT2D eigenvalue weighted by atomic mass is 79.9. The fourth-order valence-corrected chi connectivity index (χ4v) is 8.44. The molecule has 1 N–H and O–H groups in total. The normalized spacial score (nSPS) is 38.4. The number of carbonyl (C=O) groups is 1. The van der Waals surface area contributed by atoms with Gasteiger partial charge in [-0.2, -0.15) is 0 Å². The average molecular weight is 450 g/mol. The van der Waals surface area contributed by atoms with E-state index in [1.54, 1.807) is 0 Å². The van der Waals surface area contributed by atoms with Crippen LogP contribution in [-0.2, 0) is 14.9 Å². The minimum absolute atomic E-state index is 0.157. The van der Waals surface area contributed by atoms with Crippen molar-refractivity contribution in [1.29, 1.82) is 0 Å². The first-order chi connectivity index (χ1) is 13.4. The van der Waals surface area contributed by atoms with Crippen molar-refractivity contribution < 1.29 is 13.9 Å². The molecule has 0 spiro atoms. The molecule has 1 saturated heterocycles. The number of amides is 1. The maximum Gasteiger partial charge on any atom is 0.226 e. The molecule has 5 aliphatic rings. The van der Waals surface area contributed by atoms with Gasteiger partial charge in [-0.15, -0.1) is 0 Å². The van der Waals surface area contributed by atoms with Crippen LogP contribution in [0.5, 0.6) is 0 Å². The van der Waals surface area contributed by atoms with E-state index in [2.05, 4.69) is 21.2 Å². The topological polar surface area (TPSA) is 38.3 Å². The number of nitrogens with one attached hydrogen (secondary N) is 1. The number of hydrogen-bond acceptors (Lipinski definition) is 2. The first kappa shape index (κ1) is 19.0. The van der Waals surface area contributed by atoms with Crippen LogP contribution >= 0.6 is 15.9 Å². The number of halogens is 2. The molecular formula is C23H29BrFNO2. The Labute approximate surface area is 174 Å². The van der Waals surface area contributed by atoms with Crippen molar-refractivity contribution in [2.75, 3.05) is 19.8 Å². The molecule has 6 rings (SSSR count). The Morgan fingerprint density at radius 2 is 1.75 bits per heavy atom. The van der Waals surface area contributed by atoms with Gasteiger partial charge in [-0.25, -0.2) is 4.39 Å². The number of rotatable bonds is 4. The second-order valence-electron chi connectivity index (χ2n) is 9.97.